The van der Waals surface area contributed by atoms with Gasteiger partial charge in [-0.3, -0.25) is 4.79 Å². The molecule has 0 aliphatic heterocycles. The van der Waals surface area contributed by atoms with Crippen LogP contribution in [0.1, 0.15) is 84.0 Å². The summed E-state index contributed by atoms with van der Waals surface area (Å²) in [6, 6.07) is 0. The highest BCUT2D eigenvalue weighted by Gasteiger charge is 2.09. The SMILES string of the molecule is CCCCCC/C=C\CCCCCCCC(=O)OC[C@@H](O)COP(=O)([O-])[O-]. The summed E-state index contributed by atoms with van der Waals surface area (Å²) < 4.78 is 19.0. The molecule has 0 aromatic rings. The fraction of sp³-hybridized carbons (Fsp3) is 0.842. The van der Waals surface area contributed by atoms with E-state index in [0.717, 1.165) is 38.5 Å². The van der Waals surface area contributed by atoms with E-state index >= 15 is 0 Å². The van der Waals surface area contributed by atoms with Crippen molar-refractivity contribution in [3.8, 4) is 0 Å². The van der Waals surface area contributed by atoms with Gasteiger partial charge < -0.3 is 28.7 Å². The van der Waals surface area contributed by atoms with Crippen LogP contribution in [0.4, 0.5) is 0 Å². The maximum Gasteiger partial charge on any atom is 0.305 e. The van der Waals surface area contributed by atoms with Crippen LogP contribution in [0.2, 0.25) is 0 Å². The number of carbonyl (C=O) groups is 1. The third-order valence-corrected chi connectivity index (χ3v) is 4.47. The van der Waals surface area contributed by atoms with Crippen LogP contribution in [0.15, 0.2) is 12.2 Å². The van der Waals surface area contributed by atoms with Crippen LogP contribution in [0.5, 0.6) is 0 Å². The van der Waals surface area contributed by atoms with E-state index in [1.165, 1.54) is 32.1 Å². The average Bonchev–Trinajstić information content (AvgIpc) is 2.61. The van der Waals surface area contributed by atoms with Crippen molar-refractivity contribution >= 4 is 13.8 Å². The number of carbonyl (C=O) groups excluding carboxylic acids is 1. The maximum atomic E-state index is 11.5. The van der Waals surface area contributed by atoms with Gasteiger partial charge in [0.05, 0.1) is 14.4 Å². The highest BCUT2D eigenvalue weighted by molar-refractivity contribution is 7.43. The number of phosphoric ester groups is 1. The van der Waals surface area contributed by atoms with Crippen LogP contribution < -0.4 is 9.79 Å². The molecule has 0 unspecified atom stereocenters. The van der Waals surface area contributed by atoms with E-state index in [2.05, 4.69) is 23.6 Å². The van der Waals surface area contributed by atoms with Gasteiger partial charge in [0, 0.05) is 6.42 Å². The summed E-state index contributed by atoms with van der Waals surface area (Å²) in [6.45, 7) is 1.13. The molecule has 0 radical (unpaired) electrons. The van der Waals surface area contributed by atoms with Crippen molar-refractivity contribution in [1.82, 2.24) is 0 Å². The molecular weight excluding hydrogens is 371 g/mol. The van der Waals surface area contributed by atoms with Gasteiger partial charge in [-0.15, -0.1) is 0 Å². The van der Waals surface area contributed by atoms with E-state index in [1.807, 2.05) is 0 Å². The molecule has 0 aromatic carbocycles. The van der Waals surface area contributed by atoms with Crippen LogP contribution >= 0.6 is 7.82 Å². The zero-order chi connectivity index (χ0) is 20.4. The molecule has 160 valence electrons. The maximum absolute atomic E-state index is 11.5. The lowest BCUT2D eigenvalue weighted by Crippen LogP contribution is -2.26. The number of hydrogen-bond acceptors (Lipinski definition) is 7. The van der Waals surface area contributed by atoms with Crippen LogP contribution in [0, 0.1) is 0 Å². The summed E-state index contributed by atoms with van der Waals surface area (Å²) in [5, 5.41) is 9.34. The molecule has 0 aliphatic rings. The molecule has 27 heavy (non-hydrogen) atoms. The quantitative estimate of drug-likeness (QED) is 0.161. The van der Waals surface area contributed by atoms with E-state index in [0.29, 0.717) is 0 Å². The summed E-state index contributed by atoms with van der Waals surface area (Å²) in [4.78, 5) is 32.0. The molecule has 0 amide bonds. The van der Waals surface area contributed by atoms with Crippen LogP contribution in [0.25, 0.3) is 0 Å². The second kappa shape index (κ2) is 17.4. The molecule has 0 saturated carbocycles. The molecular formula is C19H35O7P-2. The second-order valence-electron chi connectivity index (χ2n) is 6.71. The van der Waals surface area contributed by atoms with E-state index in [4.69, 9.17) is 4.74 Å². The minimum Gasteiger partial charge on any atom is -0.790 e. The molecule has 0 aliphatic carbocycles. The lowest BCUT2D eigenvalue weighted by molar-refractivity contribution is -0.342. The lowest BCUT2D eigenvalue weighted by atomic mass is 10.1. The highest BCUT2D eigenvalue weighted by Crippen LogP contribution is 2.24. The third kappa shape index (κ3) is 21.4. The molecule has 0 aromatic heterocycles. The second-order valence-corrected chi connectivity index (χ2v) is 7.86. The van der Waals surface area contributed by atoms with Crippen LogP contribution in [0.3, 0.4) is 0 Å². The number of phosphoric acid groups is 1. The average molecular weight is 406 g/mol. The lowest BCUT2D eigenvalue weighted by Gasteiger charge is -2.29. The highest BCUT2D eigenvalue weighted by atomic mass is 31.2. The van der Waals surface area contributed by atoms with Gasteiger partial charge in [-0.05, 0) is 32.1 Å². The number of ether oxygens (including phenoxy) is 1. The van der Waals surface area contributed by atoms with Gasteiger partial charge in [0.25, 0.3) is 0 Å². The van der Waals surface area contributed by atoms with Crippen molar-refractivity contribution in [2.75, 3.05) is 13.2 Å². The molecule has 7 nitrogen and oxygen atoms in total. The largest absolute Gasteiger partial charge is 0.790 e. The van der Waals surface area contributed by atoms with E-state index in [-0.39, 0.29) is 13.0 Å². The smallest absolute Gasteiger partial charge is 0.305 e. The standard InChI is InChI=1S/C19H37O7P/c1-2-3-4-5-6-7-8-9-10-11-12-13-14-15-19(21)25-16-18(20)17-26-27(22,23)24/h7-8,18,20H,2-6,9-17H2,1H3,(H2,22,23,24)/p-2/b8-7-/t18-/m1/s1. The van der Waals surface area contributed by atoms with Gasteiger partial charge in [0.15, 0.2) is 0 Å². The first-order valence-corrected chi connectivity index (χ1v) is 11.5. The van der Waals surface area contributed by atoms with Crippen molar-refractivity contribution in [2.24, 2.45) is 0 Å². The summed E-state index contributed by atoms with van der Waals surface area (Å²) in [5.41, 5.74) is 0. The Kier molecular flexibility index (Phi) is 16.9. The van der Waals surface area contributed by atoms with Gasteiger partial charge in [0.2, 0.25) is 0 Å². The van der Waals surface area contributed by atoms with Crippen molar-refractivity contribution in [1.29, 1.82) is 0 Å². The summed E-state index contributed by atoms with van der Waals surface area (Å²) in [6.07, 6.45) is 16.0. The number of aliphatic hydroxyl groups excluding tert-OH is 1. The van der Waals surface area contributed by atoms with Gasteiger partial charge in [-0.2, -0.15) is 0 Å². The first-order valence-electron chi connectivity index (χ1n) is 10.0. The summed E-state index contributed by atoms with van der Waals surface area (Å²) >= 11 is 0. The van der Waals surface area contributed by atoms with Gasteiger partial charge in [-0.25, -0.2) is 0 Å². The Bertz CT molecular complexity index is 434. The third-order valence-electron chi connectivity index (χ3n) is 4.00. The molecule has 1 atom stereocenters. The zero-order valence-electron chi connectivity index (χ0n) is 16.5. The molecule has 0 spiro atoms. The number of aliphatic hydroxyl groups is 1. The van der Waals surface area contributed by atoms with Gasteiger partial charge in [0.1, 0.15) is 12.7 Å². The number of allylic oxidation sites excluding steroid dienone is 2. The Labute approximate surface area is 163 Å². The Morgan fingerprint density at radius 3 is 2.11 bits per heavy atom. The molecule has 8 heteroatoms. The number of hydrogen-bond donors (Lipinski definition) is 1. The van der Waals surface area contributed by atoms with Crippen molar-refractivity contribution in [2.45, 2.75) is 90.1 Å². The fourth-order valence-corrected chi connectivity index (χ4v) is 2.83. The zero-order valence-corrected chi connectivity index (χ0v) is 17.4. The fourth-order valence-electron chi connectivity index (χ4n) is 2.47. The molecule has 0 heterocycles. The van der Waals surface area contributed by atoms with Crippen molar-refractivity contribution < 1.29 is 33.5 Å². The van der Waals surface area contributed by atoms with Crippen molar-refractivity contribution in [3.63, 3.8) is 0 Å². The number of esters is 1. The van der Waals surface area contributed by atoms with E-state index < -0.39 is 26.5 Å². The Morgan fingerprint density at radius 2 is 1.52 bits per heavy atom. The van der Waals surface area contributed by atoms with E-state index in [9.17, 15) is 24.3 Å². The number of rotatable bonds is 18. The minimum atomic E-state index is -5.12. The molecule has 0 bridgehead atoms. The van der Waals surface area contributed by atoms with Crippen LogP contribution in [-0.2, 0) is 18.6 Å². The molecule has 0 saturated heterocycles. The normalized spacial score (nSPS) is 13.2. The first-order chi connectivity index (χ1) is 12.8. The summed E-state index contributed by atoms with van der Waals surface area (Å²) in [5.74, 6) is -0.451. The molecule has 0 rings (SSSR count). The predicted octanol–water partition coefficient (Wildman–Crippen LogP) is 2.99. The van der Waals surface area contributed by atoms with Gasteiger partial charge >= 0.3 is 5.97 Å². The monoisotopic (exact) mass is 406 g/mol. The predicted molar refractivity (Wildman–Crippen MR) is 101 cm³/mol. The topological polar surface area (TPSA) is 119 Å². The Hall–Kier alpha value is -0.720. The number of unbranched alkanes of at least 4 members (excludes halogenated alkanes) is 9. The van der Waals surface area contributed by atoms with E-state index in [1.54, 1.807) is 0 Å². The Morgan fingerprint density at radius 1 is 0.963 bits per heavy atom. The van der Waals surface area contributed by atoms with Gasteiger partial charge in [-0.1, -0.05) is 57.6 Å². The molecule has 0 fully saturated rings. The first kappa shape index (κ1) is 26.3. The summed E-state index contributed by atoms with van der Waals surface area (Å²) in [7, 11) is -5.12. The Balaban J connectivity index is 3.41. The molecule has 1 N–H and O–H groups in total. The van der Waals surface area contributed by atoms with Crippen molar-refractivity contribution in [3.05, 3.63) is 12.2 Å². The minimum absolute atomic E-state index is 0.257. The van der Waals surface area contributed by atoms with Crippen LogP contribution in [-0.4, -0.2) is 30.4 Å².